The fourth-order valence-corrected chi connectivity index (χ4v) is 3.13. The number of thioether (sulfide) groups is 1. The first kappa shape index (κ1) is 11.8. The van der Waals surface area contributed by atoms with Crippen LogP contribution in [0.25, 0.3) is 0 Å². The molecule has 1 fully saturated rings. The number of methoxy groups -OCH3 is 1. The molecule has 0 spiro atoms. The van der Waals surface area contributed by atoms with Gasteiger partial charge in [-0.25, -0.2) is 0 Å². The minimum absolute atomic E-state index is 0.0169. The molecule has 1 aliphatic rings. The van der Waals surface area contributed by atoms with Crippen LogP contribution in [0.3, 0.4) is 0 Å². The lowest BCUT2D eigenvalue weighted by atomic mass is 9.89. The summed E-state index contributed by atoms with van der Waals surface area (Å²) in [6, 6.07) is 8.20. The lowest BCUT2D eigenvalue weighted by Gasteiger charge is -2.38. The van der Waals surface area contributed by atoms with E-state index in [-0.39, 0.29) is 11.0 Å². The Morgan fingerprint density at radius 3 is 2.69 bits per heavy atom. The molecular formula is C12H18N2OS. The Balaban J connectivity index is 2.20. The van der Waals surface area contributed by atoms with Crippen molar-refractivity contribution in [3.8, 4) is 5.75 Å². The molecule has 0 aromatic heterocycles. The smallest absolute Gasteiger partial charge is 0.118 e. The predicted octanol–water partition coefficient (Wildman–Crippen LogP) is 1.88. The Bertz CT molecular complexity index is 355. The Morgan fingerprint density at radius 2 is 2.12 bits per heavy atom. The molecular weight excluding hydrogens is 220 g/mol. The topological polar surface area (TPSA) is 47.3 Å². The Kier molecular flexibility index (Phi) is 3.42. The first-order chi connectivity index (χ1) is 7.64. The van der Waals surface area contributed by atoms with Crippen molar-refractivity contribution < 1.29 is 4.74 Å². The summed E-state index contributed by atoms with van der Waals surface area (Å²) in [6.45, 7) is 2.20. The Morgan fingerprint density at radius 1 is 1.44 bits per heavy atom. The summed E-state index contributed by atoms with van der Waals surface area (Å²) in [5.74, 6) is 1.98. The maximum atomic E-state index is 5.93. The Labute approximate surface area is 101 Å². The summed E-state index contributed by atoms with van der Waals surface area (Å²) in [7, 11) is 1.68. The number of benzene rings is 1. The highest BCUT2D eigenvalue weighted by Gasteiger charge is 2.31. The van der Waals surface area contributed by atoms with E-state index in [1.165, 1.54) is 5.56 Å². The second-order valence-corrected chi connectivity index (χ2v) is 5.50. The van der Waals surface area contributed by atoms with E-state index >= 15 is 0 Å². The van der Waals surface area contributed by atoms with Crippen LogP contribution < -0.4 is 15.8 Å². The van der Waals surface area contributed by atoms with Crippen LogP contribution in [0.5, 0.6) is 5.75 Å². The largest absolute Gasteiger partial charge is 0.497 e. The number of ether oxygens (including phenoxy) is 1. The van der Waals surface area contributed by atoms with Gasteiger partial charge in [-0.1, -0.05) is 12.1 Å². The van der Waals surface area contributed by atoms with Crippen LogP contribution in [0.2, 0.25) is 0 Å². The molecule has 4 heteroatoms. The lowest BCUT2D eigenvalue weighted by Crippen LogP contribution is -2.52. The standard InChI is InChI=1S/C12H18N2OS/c1-12(7-8-16-11(13)14-12)9-3-5-10(15-2)6-4-9/h3-6,11,14H,7-8,13H2,1-2H3/t11?,12-/m0/s1. The van der Waals surface area contributed by atoms with Crippen molar-refractivity contribution in [2.45, 2.75) is 24.4 Å². The molecule has 3 N–H and O–H groups in total. The zero-order chi connectivity index (χ0) is 11.6. The zero-order valence-electron chi connectivity index (χ0n) is 9.69. The number of hydrogen-bond acceptors (Lipinski definition) is 4. The molecule has 1 heterocycles. The zero-order valence-corrected chi connectivity index (χ0v) is 10.5. The van der Waals surface area contributed by atoms with E-state index in [2.05, 4.69) is 24.4 Å². The maximum absolute atomic E-state index is 5.93. The summed E-state index contributed by atoms with van der Waals surface area (Å²) >= 11 is 1.76. The van der Waals surface area contributed by atoms with Gasteiger partial charge < -0.3 is 10.5 Å². The molecule has 16 heavy (non-hydrogen) atoms. The van der Waals surface area contributed by atoms with Gasteiger partial charge in [-0.3, -0.25) is 5.32 Å². The van der Waals surface area contributed by atoms with E-state index in [1.807, 2.05) is 12.1 Å². The van der Waals surface area contributed by atoms with Crippen LogP contribution in [0, 0.1) is 0 Å². The molecule has 1 aromatic carbocycles. The second-order valence-electron chi connectivity index (χ2n) is 4.25. The van der Waals surface area contributed by atoms with Crippen molar-refractivity contribution >= 4 is 11.8 Å². The fraction of sp³-hybridized carbons (Fsp3) is 0.500. The van der Waals surface area contributed by atoms with Crippen LogP contribution in [-0.4, -0.2) is 18.4 Å². The number of nitrogens with two attached hydrogens (primary N) is 1. The van der Waals surface area contributed by atoms with Gasteiger partial charge in [0.2, 0.25) is 0 Å². The van der Waals surface area contributed by atoms with Gasteiger partial charge in [0.25, 0.3) is 0 Å². The summed E-state index contributed by atoms with van der Waals surface area (Å²) in [5, 5.41) is 3.45. The molecule has 0 radical (unpaired) electrons. The molecule has 1 saturated heterocycles. The van der Waals surface area contributed by atoms with E-state index < -0.39 is 0 Å². The summed E-state index contributed by atoms with van der Waals surface area (Å²) < 4.78 is 5.16. The molecule has 88 valence electrons. The average molecular weight is 238 g/mol. The molecule has 0 amide bonds. The van der Waals surface area contributed by atoms with Gasteiger partial charge in [0.05, 0.1) is 7.11 Å². The van der Waals surface area contributed by atoms with Gasteiger partial charge in [0.15, 0.2) is 0 Å². The van der Waals surface area contributed by atoms with Crippen molar-refractivity contribution in [3.63, 3.8) is 0 Å². The van der Waals surface area contributed by atoms with Crippen molar-refractivity contribution in [3.05, 3.63) is 29.8 Å². The van der Waals surface area contributed by atoms with Gasteiger partial charge in [0.1, 0.15) is 11.2 Å². The molecule has 1 aliphatic heterocycles. The van der Waals surface area contributed by atoms with Crippen LogP contribution >= 0.6 is 11.8 Å². The molecule has 0 aliphatic carbocycles. The highest BCUT2D eigenvalue weighted by molar-refractivity contribution is 7.99. The minimum atomic E-state index is -0.0169. The molecule has 0 bridgehead atoms. The third-order valence-corrected chi connectivity index (χ3v) is 4.00. The monoisotopic (exact) mass is 238 g/mol. The number of nitrogens with one attached hydrogen (secondary N) is 1. The molecule has 0 saturated carbocycles. The van der Waals surface area contributed by atoms with Crippen LogP contribution in [-0.2, 0) is 5.54 Å². The van der Waals surface area contributed by atoms with E-state index in [1.54, 1.807) is 18.9 Å². The highest BCUT2D eigenvalue weighted by atomic mass is 32.2. The highest BCUT2D eigenvalue weighted by Crippen LogP contribution is 2.32. The van der Waals surface area contributed by atoms with Crippen LogP contribution in [0.4, 0.5) is 0 Å². The predicted molar refractivity (Wildman–Crippen MR) is 68.5 cm³/mol. The average Bonchev–Trinajstić information content (AvgIpc) is 2.29. The normalized spacial score (nSPS) is 30.1. The van der Waals surface area contributed by atoms with Crippen LogP contribution in [0.15, 0.2) is 24.3 Å². The van der Waals surface area contributed by atoms with E-state index in [4.69, 9.17) is 10.5 Å². The first-order valence-electron chi connectivity index (χ1n) is 5.43. The second kappa shape index (κ2) is 4.65. The molecule has 1 aromatic rings. The fourth-order valence-electron chi connectivity index (χ4n) is 2.00. The van der Waals surface area contributed by atoms with Gasteiger partial charge in [-0.2, -0.15) is 0 Å². The van der Waals surface area contributed by atoms with Gasteiger partial charge in [0, 0.05) is 5.54 Å². The number of hydrogen-bond donors (Lipinski definition) is 2. The molecule has 3 nitrogen and oxygen atoms in total. The Hall–Kier alpha value is -0.710. The minimum Gasteiger partial charge on any atom is -0.497 e. The van der Waals surface area contributed by atoms with Gasteiger partial charge >= 0.3 is 0 Å². The van der Waals surface area contributed by atoms with E-state index in [0.717, 1.165) is 17.9 Å². The van der Waals surface area contributed by atoms with Gasteiger partial charge in [-0.15, -0.1) is 11.8 Å². The van der Waals surface area contributed by atoms with Crippen molar-refractivity contribution in [1.29, 1.82) is 0 Å². The SMILES string of the molecule is COc1ccc([C@]2(C)CCSC(N)N2)cc1. The van der Waals surface area contributed by atoms with Crippen molar-refractivity contribution in [1.82, 2.24) is 5.32 Å². The number of rotatable bonds is 2. The third-order valence-electron chi connectivity index (χ3n) is 3.09. The molecule has 1 unspecified atom stereocenters. The van der Waals surface area contributed by atoms with Gasteiger partial charge in [-0.05, 0) is 36.8 Å². The summed E-state index contributed by atoms with van der Waals surface area (Å²) in [5.41, 5.74) is 7.21. The summed E-state index contributed by atoms with van der Waals surface area (Å²) in [6.07, 6.45) is 1.09. The maximum Gasteiger partial charge on any atom is 0.118 e. The quantitative estimate of drug-likeness (QED) is 0.826. The third kappa shape index (κ3) is 2.34. The lowest BCUT2D eigenvalue weighted by molar-refractivity contribution is 0.337. The van der Waals surface area contributed by atoms with Crippen molar-refractivity contribution in [2.24, 2.45) is 5.73 Å². The summed E-state index contributed by atoms with van der Waals surface area (Å²) in [4.78, 5) is 0. The van der Waals surface area contributed by atoms with E-state index in [0.29, 0.717) is 0 Å². The van der Waals surface area contributed by atoms with E-state index in [9.17, 15) is 0 Å². The van der Waals surface area contributed by atoms with Crippen molar-refractivity contribution in [2.75, 3.05) is 12.9 Å². The molecule has 2 rings (SSSR count). The first-order valence-corrected chi connectivity index (χ1v) is 6.48. The molecule has 2 atom stereocenters. The van der Waals surface area contributed by atoms with Crippen LogP contribution in [0.1, 0.15) is 18.9 Å².